The molecule has 0 spiro atoms. The Morgan fingerprint density at radius 2 is 1.62 bits per heavy atom. The normalized spacial score (nSPS) is 14.1. The Bertz CT molecular complexity index is 894. The zero-order valence-corrected chi connectivity index (χ0v) is 16.8. The van der Waals surface area contributed by atoms with Gasteiger partial charge in [-0.15, -0.1) is 0 Å². The van der Waals surface area contributed by atoms with Crippen LogP contribution >= 0.6 is 0 Å². The van der Waals surface area contributed by atoms with Crippen LogP contribution in [0.25, 0.3) is 11.3 Å². The summed E-state index contributed by atoms with van der Waals surface area (Å²) in [6, 6.07) is 14.2. The molecular formula is C22H27N7. The van der Waals surface area contributed by atoms with Crippen LogP contribution in [0.4, 0.5) is 17.7 Å². The Hall–Kier alpha value is -3.22. The number of piperazine rings is 1. The molecule has 0 unspecified atom stereocenters. The summed E-state index contributed by atoms with van der Waals surface area (Å²) < 4.78 is 0. The molecule has 3 aromatic rings. The molecule has 1 aromatic carbocycles. The van der Waals surface area contributed by atoms with Crippen LogP contribution < -0.4 is 15.1 Å². The van der Waals surface area contributed by atoms with Crippen LogP contribution in [0.3, 0.4) is 0 Å². The summed E-state index contributed by atoms with van der Waals surface area (Å²) in [7, 11) is 0. The second-order valence-corrected chi connectivity index (χ2v) is 7.10. The number of aromatic nitrogens is 4. The molecule has 7 heteroatoms. The van der Waals surface area contributed by atoms with Gasteiger partial charge >= 0.3 is 0 Å². The van der Waals surface area contributed by atoms with Crippen LogP contribution in [0.2, 0.25) is 0 Å². The lowest BCUT2D eigenvalue weighted by Crippen LogP contribution is -2.47. The van der Waals surface area contributed by atoms with Gasteiger partial charge in [0.1, 0.15) is 5.82 Å². The van der Waals surface area contributed by atoms with Crippen molar-refractivity contribution in [3.63, 3.8) is 0 Å². The van der Waals surface area contributed by atoms with Crippen LogP contribution in [0, 0.1) is 0 Å². The Balaban J connectivity index is 1.53. The predicted molar refractivity (Wildman–Crippen MR) is 117 cm³/mol. The number of benzene rings is 1. The van der Waals surface area contributed by atoms with Crippen molar-refractivity contribution in [2.24, 2.45) is 0 Å². The molecule has 0 amide bonds. The molecule has 7 nitrogen and oxygen atoms in total. The van der Waals surface area contributed by atoms with E-state index in [0.717, 1.165) is 68.6 Å². The van der Waals surface area contributed by atoms with E-state index in [9.17, 15) is 0 Å². The lowest BCUT2D eigenvalue weighted by atomic mass is 10.1. The second-order valence-electron chi connectivity index (χ2n) is 7.10. The molecule has 0 atom stereocenters. The molecule has 0 aliphatic carbocycles. The molecule has 3 heterocycles. The standard InChI is InChI=1S/C22H27N7/c1-2-3-10-23-21-26-19(18-8-5-4-6-9-18)17-20(27-21)28-13-15-29(16-14-28)22-24-11-7-12-25-22/h4-9,11-12,17H,2-3,10,13-16H2,1H3,(H,23,26,27). The van der Waals surface area contributed by atoms with Crippen LogP contribution in [0.5, 0.6) is 0 Å². The van der Waals surface area contributed by atoms with Crippen molar-refractivity contribution >= 4 is 17.7 Å². The molecule has 1 N–H and O–H groups in total. The minimum atomic E-state index is 0.698. The second kappa shape index (κ2) is 9.32. The van der Waals surface area contributed by atoms with Gasteiger partial charge in [-0.05, 0) is 12.5 Å². The van der Waals surface area contributed by atoms with Crippen molar-refractivity contribution in [1.82, 2.24) is 19.9 Å². The molecule has 1 aliphatic heterocycles. The molecule has 2 aromatic heterocycles. The number of nitrogens with zero attached hydrogens (tertiary/aromatic N) is 6. The predicted octanol–water partition coefficient (Wildman–Crippen LogP) is 3.47. The lowest BCUT2D eigenvalue weighted by Gasteiger charge is -2.35. The molecule has 1 fully saturated rings. The van der Waals surface area contributed by atoms with Crippen LogP contribution in [0.15, 0.2) is 54.9 Å². The molecule has 0 radical (unpaired) electrons. The van der Waals surface area contributed by atoms with Crippen molar-refractivity contribution in [1.29, 1.82) is 0 Å². The first-order valence-electron chi connectivity index (χ1n) is 10.3. The van der Waals surface area contributed by atoms with E-state index in [1.807, 2.05) is 24.3 Å². The summed E-state index contributed by atoms with van der Waals surface area (Å²) >= 11 is 0. The topological polar surface area (TPSA) is 70.1 Å². The third-order valence-corrected chi connectivity index (χ3v) is 5.03. The van der Waals surface area contributed by atoms with E-state index in [0.29, 0.717) is 5.95 Å². The van der Waals surface area contributed by atoms with Crippen molar-refractivity contribution in [3.8, 4) is 11.3 Å². The van der Waals surface area contributed by atoms with Crippen LogP contribution in [-0.4, -0.2) is 52.7 Å². The molecule has 1 saturated heterocycles. The summed E-state index contributed by atoms with van der Waals surface area (Å²) in [4.78, 5) is 22.8. The van der Waals surface area contributed by atoms with E-state index in [1.54, 1.807) is 12.4 Å². The third kappa shape index (κ3) is 4.80. The number of nitrogens with one attached hydrogen (secondary N) is 1. The van der Waals surface area contributed by atoms with Gasteiger partial charge in [-0.2, -0.15) is 4.98 Å². The van der Waals surface area contributed by atoms with Gasteiger partial charge in [-0.25, -0.2) is 15.0 Å². The SMILES string of the molecule is CCCCNc1nc(-c2ccccc2)cc(N2CCN(c3ncccn3)CC2)n1. The van der Waals surface area contributed by atoms with Crippen LogP contribution in [0.1, 0.15) is 19.8 Å². The van der Waals surface area contributed by atoms with Gasteiger partial charge in [0.25, 0.3) is 0 Å². The highest BCUT2D eigenvalue weighted by molar-refractivity contribution is 5.65. The van der Waals surface area contributed by atoms with Gasteiger partial charge in [0.2, 0.25) is 11.9 Å². The first-order chi connectivity index (χ1) is 14.3. The molecule has 4 rings (SSSR count). The fraction of sp³-hybridized carbons (Fsp3) is 0.364. The highest BCUT2D eigenvalue weighted by atomic mass is 15.3. The monoisotopic (exact) mass is 389 g/mol. The van der Waals surface area contributed by atoms with Crippen molar-refractivity contribution in [2.75, 3.05) is 47.8 Å². The first-order valence-corrected chi connectivity index (χ1v) is 10.3. The van der Waals surface area contributed by atoms with Crippen molar-refractivity contribution in [2.45, 2.75) is 19.8 Å². The zero-order chi connectivity index (χ0) is 19.9. The van der Waals surface area contributed by atoms with E-state index >= 15 is 0 Å². The van der Waals surface area contributed by atoms with E-state index < -0.39 is 0 Å². The minimum Gasteiger partial charge on any atom is -0.354 e. The Labute approximate surface area is 171 Å². The highest BCUT2D eigenvalue weighted by Crippen LogP contribution is 2.24. The summed E-state index contributed by atoms with van der Waals surface area (Å²) in [6.45, 7) is 6.55. The van der Waals surface area contributed by atoms with Gasteiger partial charge in [0.15, 0.2) is 0 Å². The summed E-state index contributed by atoms with van der Waals surface area (Å²) in [5.41, 5.74) is 2.05. The van der Waals surface area contributed by atoms with Gasteiger partial charge in [-0.1, -0.05) is 43.7 Å². The largest absolute Gasteiger partial charge is 0.354 e. The average Bonchev–Trinajstić information content (AvgIpc) is 2.80. The quantitative estimate of drug-likeness (QED) is 0.621. The van der Waals surface area contributed by atoms with Gasteiger partial charge in [0, 0.05) is 56.7 Å². The zero-order valence-electron chi connectivity index (χ0n) is 16.8. The Morgan fingerprint density at radius 1 is 0.897 bits per heavy atom. The molecule has 0 bridgehead atoms. The lowest BCUT2D eigenvalue weighted by molar-refractivity contribution is 0.634. The van der Waals surface area contributed by atoms with Gasteiger partial charge < -0.3 is 15.1 Å². The Morgan fingerprint density at radius 3 is 2.34 bits per heavy atom. The number of hydrogen-bond acceptors (Lipinski definition) is 7. The maximum atomic E-state index is 4.81. The molecule has 29 heavy (non-hydrogen) atoms. The van der Waals surface area contributed by atoms with Crippen molar-refractivity contribution in [3.05, 3.63) is 54.9 Å². The average molecular weight is 390 g/mol. The van der Waals surface area contributed by atoms with Gasteiger partial charge in [-0.3, -0.25) is 0 Å². The highest BCUT2D eigenvalue weighted by Gasteiger charge is 2.21. The van der Waals surface area contributed by atoms with E-state index in [-0.39, 0.29) is 0 Å². The Kier molecular flexibility index (Phi) is 6.14. The van der Waals surface area contributed by atoms with E-state index in [1.165, 1.54) is 0 Å². The molecule has 150 valence electrons. The maximum Gasteiger partial charge on any atom is 0.225 e. The number of hydrogen-bond donors (Lipinski definition) is 1. The fourth-order valence-electron chi connectivity index (χ4n) is 3.40. The minimum absolute atomic E-state index is 0.698. The first kappa shape index (κ1) is 19.1. The molecule has 1 aliphatic rings. The number of anilines is 3. The van der Waals surface area contributed by atoms with Gasteiger partial charge in [0.05, 0.1) is 5.69 Å². The fourth-order valence-corrected chi connectivity index (χ4v) is 3.40. The van der Waals surface area contributed by atoms with Crippen molar-refractivity contribution < 1.29 is 0 Å². The smallest absolute Gasteiger partial charge is 0.225 e. The summed E-state index contributed by atoms with van der Waals surface area (Å²) in [5, 5.41) is 3.39. The van der Waals surface area contributed by atoms with E-state index in [2.05, 4.69) is 50.2 Å². The maximum absolute atomic E-state index is 4.81. The third-order valence-electron chi connectivity index (χ3n) is 5.03. The number of unbranched alkanes of at least 4 members (excludes halogenated alkanes) is 1. The summed E-state index contributed by atoms with van der Waals surface area (Å²) in [6.07, 6.45) is 5.82. The molecular weight excluding hydrogens is 362 g/mol. The summed E-state index contributed by atoms with van der Waals surface area (Å²) in [5.74, 6) is 2.46. The molecule has 0 saturated carbocycles. The van der Waals surface area contributed by atoms with E-state index in [4.69, 9.17) is 9.97 Å². The van der Waals surface area contributed by atoms with Crippen LogP contribution in [-0.2, 0) is 0 Å². The number of rotatable bonds is 7.